The normalized spacial score (nSPS) is 11.1. The van der Waals surface area contributed by atoms with E-state index in [9.17, 15) is 13.6 Å². The predicted octanol–water partition coefficient (Wildman–Crippen LogP) is 4.82. The summed E-state index contributed by atoms with van der Waals surface area (Å²) >= 11 is 0. The highest BCUT2D eigenvalue weighted by atomic mass is 19.3. The average Bonchev–Trinajstić information content (AvgIpc) is 3.27. The second kappa shape index (κ2) is 10.9. The number of carbonyl (C=O) groups is 1. The van der Waals surface area contributed by atoms with Crippen molar-refractivity contribution in [1.82, 2.24) is 19.7 Å². The highest BCUT2D eigenvalue weighted by Gasteiger charge is 2.13. The number of halogens is 2. The van der Waals surface area contributed by atoms with Crippen LogP contribution in [-0.4, -0.2) is 46.6 Å². The molecular weight excluding hydrogens is 456 g/mol. The Morgan fingerprint density at radius 3 is 2.66 bits per heavy atom. The number of nitrogens with zero attached hydrogens (tertiary/aromatic N) is 3. The lowest BCUT2D eigenvalue weighted by molar-refractivity contribution is -0.0498. The van der Waals surface area contributed by atoms with Crippen LogP contribution in [-0.2, 0) is 4.74 Å². The van der Waals surface area contributed by atoms with Crippen LogP contribution < -0.4 is 15.4 Å². The highest BCUT2D eigenvalue weighted by Crippen LogP contribution is 2.27. The van der Waals surface area contributed by atoms with Crippen LogP contribution >= 0.6 is 0 Å². The zero-order chi connectivity index (χ0) is 24.8. The fourth-order valence-electron chi connectivity index (χ4n) is 3.64. The van der Waals surface area contributed by atoms with Gasteiger partial charge in [-0.2, -0.15) is 8.78 Å². The number of ether oxygens (including phenoxy) is 2. The Kier molecular flexibility index (Phi) is 7.51. The van der Waals surface area contributed by atoms with E-state index >= 15 is 0 Å². The second-order valence-electron chi connectivity index (χ2n) is 7.62. The summed E-state index contributed by atoms with van der Waals surface area (Å²) in [4.78, 5) is 21.3. The maximum atomic E-state index is 12.4. The number of amides is 1. The maximum absolute atomic E-state index is 12.4. The van der Waals surface area contributed by atoms with Crippen molar-refractivity contribution in [2.24, 2.45) is 0 Å². The van der Waals surface area contributed by atoms with E-state index in [1.807, 2.05) is 24.3 Å². The average molecular weight is 482 g/mol. The Hall–Kier alpha value is -4.05. The maximum Gasteiger partial charge on any atom is 0.387 e. The van der Waals surface area contributed by atoms with Crippen molar-refractivity contribution in [3.63, 3.8) is 0 Å². The van der Waals surface area contributed by atoms with E-state index in [1.165, 1.54) is 12.1 Å². The Morgan fingerprint density at radius 1 is 1.14 bits per heavy atom. The number of aromatic nitrogens is 3. The molecule has 2 aromatic carbocycles. The van der Waals surface area contributed by atoms with Gasteiger partial charge in [0.05, 0.1) is 18.5 Å². The van der Waals surface area contributed by atoms with Gasteiger partial charge in [-0.15, -0.1) is 0 Å². The first-order valence-electron chi connectivity index (χ1n) is 11.1. The van der Waals surface area contributed by atoms with Crippen LogP contribution in [0, 0.1) is 6.92 Å². The van der Waals surface area contributed by atoms with Crippen LogP contribution in [0.25, 0.3) is 16.9 Å². The molecule has 4 aromatic rings. The minimum atomic E-state index is -2.87. The summed E-state index contributed by atoms with van der Waals surface area (Å²) in [5, 5.41) is 6.10. The van der Waals surface area contributed by atoms with Gasteiger partial charge in [-0.05, 0) is 61.9 Å². The number of nitrogens with one attached hydrogen (secondary N) is 2. The zero-order valence-electron chi connectivity index (χ0n) is 19.3. The Balaban J connectivity index is 1.52. The lowest BCUT2D eigenvalue weighted by atomic mass is 10.1. The molecule has 182 valence electrons. The first-order valence-corrected chi connectivity index (χ1v) is 11.1. The smallest absolute Gasteiger partial charge is 0.387 e. The van der Waals surface area contributed by atoms with E-state index in [4.69, 9.17) is 4.74 Å². The summed E-state index contributed by atoms with van der Waals surface area (Å²) < 4.78 is 36.3. The molecule has 2 N–H and O–H groups in total. The van der Waals surface area contributed by atoms with Crippen molar-refractivity contribution in [3.05, 3.63) is 72.2 Å². The predicted molar refractivity (Wildman–Crippen MR) is 128 cm³/mol. The Labute approximate surface area is 200 Å². The van der Waals surface area contributed by atoms with Crippen LogP contribution in [0.3, 0.4) is 0 Å². The number of hydrogen-bond acceptors (Lipinski definition) is 6. The number of fused-ring (bicyclic) bond motifs is 1. The number of alkyl halides is 2. The number of anilines is 2. The quantitative estimate of drug-likeness (QED) is 0.316. The Bertz CT molecular complexity index is 1310. The van der Waals surface area contributed by atoms with Gasteiger partial charge in [0.15, 0.2) is 11.5 Å². The molecule has 0 aliphatic heterocycles. The minimum absolute atomic E-state index is 0.0865. The van der Waals surface area contributed by atoms with Gasteiger partial charge in [-0.1, -0.05) is 0 Å². The zero-order valence-corrected chi connectivity index (χ0v) is 19.3. The van der Waals surface area contributed by atoms with Crippen molar-refractivity contribution in [2.75, 3.05) is 25.1 Å². The number of imidazole rings is 1. The van der Waals surface area contributed by atoms with Crippen molar-refractivity contribution >= 4 is 23.1 Å². The van der Waals surface area contributed by atoms with Crippen LogP contribution in [0.2, 0.25) is 0 Å². The van der Waals surface area contributed by atoms with Gasteiger partial charge in [-0.25, -0.2) is 9.97 Å². The third kappa shape index (κ3) is 5.72. The molecule has 0 unspecified atom stereocenters. The summed E-state index contributed by atoms with van der Waals surface area (Å²) in [7, 11) is 0. The molecule has 1 amide bonds. The fourth-order valence-corrected chi connectivity index (χ4v) is 3.64. The van der Waals surface area contributed by atoms with E-state index in [2.05, 4.69) is 25.3 Å². The van der Waals surface area contributed by atoms with Gasteiger partial charge < -0.3 is 20.1 Å². The van der Waals surface area contributed by atoms with Crippen molar-refractivity contribution < 1.29 is 23.0 Å². The SMILES string of the molecule is CCOCCNC(=O)c1ccc(Nc2nccn3c(-c4ccc(OC(F)F)cc4)cnc23)cc1C. The van der Waals surface area contributed by atoms with E-state index < -0.39 is 6.61 Å². The number of hydrogen-bond donors (Lipinski definition) is 2. The summed E-state index contributed by atoms with van der Waals surface area (Å²) in [6.07, 6.45) is 5.10. The molecule has 2 heterocycles. The Morgan fingerprint density at radius 2 is 1.94 bits per heavy atom. The molecular formula is C25H25F2N5O3. The van der Waals surface area contributed by atoms with E-state index in [1.54, 1.807) is 42.9 Å². The van der Waals surface area contributed by atoms with Crippen molar-refractivity contribution in [1.29, 1.82) is 0 Å². The second-order valence-corrected chi connectivity index (χ2v) is 7.62. The number of rotatable bonds is 10. The lowest BCUT2D eigenvalue weighted by Gasteiger charge is -2.11. The molecule has 8 nitrogen and oxygen atoms in total. The molecule has 0 fully saturated rings. The van der Waals surface area contributed by atoms with Crippen molar-refractivity contribution in [3.8, 4) is 17.0 Å². The van der Waals surface area contributed by atoms with Gasteiger partial charge >= 0.3 is 6.61 Å². The summed E-state index contributed by atoms with van der Waals surface area (Å²) in [6.45, 7) is 2.42. The summed E-state index contributed by atoms with van der Waals surface area (Å²) in [5.74, 6) is 0.463. The fraction of sp³-hybridized carbons (Fsp3) is 0.240. The molecule has 4 rings (SSSR count). The number of aryl methyl sites for hydroxylation is 1. The first-order chi connectivity index (χ1) is 17.0. The monoisotopic (exact) mass is 481 g/mol. The summed E-state index contributed by atoms with van der Waals surface area (Å²) in [6, 6.07) is 11.8. The molecule has 0 aliphatic rings. The van der Waals surface area contributed by atoms with Crippen LogP contribution in [0.15, 0.2) is 61.1 Å². The van der Waals surface area contributed by atoms with Crippen LogP contribution in [0.1, 0.15) is 22.8 Å². The topological polar surface area (TPSA) is 89.8 Å². The number of carbonyl (C=O) groups excluding carboxylic acids is 1. The van der Waals surface area contributed by atoms with Gasteiger partial charge in [0.25, 0.3) is 5.91 Å². The summed E-state index contributed by atoms with van der Waals surface area (Å²) in [5.41, 5.74) is 4.29. The van der Waals surface area contributed by atoms with Gasteiger partial charge in [0, 0.05) is 42.4 Å². The molecule has 0 aliphatic carbocycles. The molecule has 2 aromatic heterocycles. The van der Waals surface area contributed by atoms with Gasteiger partial charge in [0.2, 0.25) is 0 Å². The largest absolute Gasteiger partial charge is 0.435 e. The molecule has 35 heavy (non-hydrogen) atoms. The van der Waals surface area contributed by atoms with Crippen LogP contribution in [0.4, 0.5) is 20.3 Å². The molecule has 0 saturated carbocycles. The molecule has 0 radical (unpaired) electrons. The highest BCUT2D eigenvalue weighted by molar-refractivity contribution is 5.96. The number of benzene rings is 2. The van der Waals surface area contributed by atoms with E-state index in [0.717, 1.165) is 22.5 Å². The van der Waals surface area contributed by atoms with Gasteiger partial charge in [-0.3, -0.25) is 9.20 Å². The molecule has 10 heteroatoms. The van der Waals surface area contributed by atoms with Crippen molar-refractivity contribution in [2.45, 2.75) is 20.5 Å². The third-order valence-electron chi connectivity index (χ3n) is 5.27. The molecule has 0 bridgehead atoms. The molecule has 0 saturated heterocycles. The third-order valence-corrected chi connectivity index (χ3v) is 5.27. The first kappa shape index (κ1) is 24.1. The minimum Gasteiger partial charge on any atom is -0.435 e. The molecule has 0 atom stereocenters. The van der Waals surface area contributed by atoms with Crippen LogP contribution in [0.5, 0.6) is 5.75 Å². The van der Waals surface area contributed by atoms with E-state index in [-0.39, 0.29) is 11.7 Å². The molecule has 0 spiro atoms. The van der Waals surface area contributed by atoms with E-state index in [0.29, 0.717) is 36.8 Å². The standard InChI is InChI=1S/C25H25F2N5O3/c1-3-34-13-11-29-24(33)20-9-6-18(14-16(20)2)31-22-23-30-15-21(32(23)12-10-28-22)17-4-7-19(8-5-17)35-25(26)27/h4-10,12,14-15,25H,3,11,13H2,1-2H3,(H,28,31)(H,29,33). The van der Waals surface area contributed by atoms with Gasteiger partial charge in [0.1, 0.15) is 5.75 Å². The lowest BCUT2D eigenvalue weighted by Crippen LogP contribution is -2.27.